The lowest BCUT2D eigenvalue weighted by atomic mass is 10.1. The fraction of sp³-hybridized carbons (Fsp3) is 0.471. The Morgan fingerprint density at radius 1 is 1.32 bits per heavy atom. The Bertz CT molecular complexity index is 902. The van der Waals surface area contributed by atoms with Crippen molar-refractivity contribution in [3.8, 4) is 0 Å². The number of aliphatic hydroxyl groups is 1. The van der Waals surface area contributed by atoms with Crippen molar-refractivity contribution in [3.63, 3.8) is 0 Å². The third kappa shape index (κ3) is 2.85. The number of aromatic nitrogens is 4. The molecule has 7 nitrogen and oxygen atoms in total. The number of thiophene rings is 1. The highest BCUT2D eigenvalue weighted by atomic mass is 32.1. The molecule has 1 aliphatic heterocycles. The van der Waals surface area contributed by atoms with E-state index in [2.05, 4.69) is 26.5 Å². The molecule has 3 aromatic heterocycles. The van der Waals surface area contributed by atoms with Gasteiger partial charge in [-0.05, 0) is 30.7 Å². The molecule has 0 aromatic carbocycles. The number of aliphatic hydroxyl groups excluding tert-OH is 1. The van der Waals surface area contributed by atoms with Crippen LogP contribution >= 0.6 is 11.3 Å². The van der Waals surface area contributed by atoms with Crippen molar-refractivity contribution < 1.29 is 5.11 Å². The van der Waals surface area contributed by atoms with E-state index in [4.69, 9.17) is 9.97 Å². The van der Waals surface area contributed by atoms with Gasteiger partial charge < -0.3 is 15.3 Å². The maximum absolute atomic E-state index is 9.38. The molecule has 8 heteroatoms. The lowest BCUT2D eigenvalue weighted by molar-refractivity contribution is 0.238. The number of aromatic amines is 1. The second kappa shape index (κ2) is 5.96. The summed E-state index contributed by atoms with van der Waals surface area (Å²) in [5, 5.41) is 22.3. The first-order valence-electron chi connectivity index (χ1n) is 8.73. The van der Waals surface area contributed by atoms with Crippen molar-refractivity contribution in [3.05, 3.63) is 23.2 Å². The molecule has 1 saturated heterocycles. The van der Waals surface area contributed by atoms with Crippen LogP contribution in [0.4, 0.5) is 17.6 Å². The van der Waals surface area contributed by atoms with Gasteiger partial charge in [-0.15, -0.1) is 11.3 Å². The number of anilines is 3. The summed E-state index contributed by atoms with van der Waals surface area (Å²) in [6, 6.07) is 4.10. The topological polar surface area (TPSA) is 90.0 Å². The van der Waals surface area contributed by atoms with Crippen molar-refractivity contribution in [2.75, 3.05) is 29.9 Å². The van der Waals surface area contributed by atoms with Crippen LogP contribution in [0.2, 0.25) is 0 Å². The predicted octanol–water partition coefficient (Wildman–Crippen LogP) is 2.85. The Hall–Kier alpha value is -2.19. The van der Waals surface area contributed by atoms with Gasteiger partial charge in [0.1, 0.15) is 0 Å². The first kappa shape index (κ1) is 15.1. The Labute approximate surface area is 149 Å². The van der Waals surface area contributed by atoms with E-state index in [1.54, 1.807) is 11.3 Å². The zero-order valence-corrected chi connectivity index (χ0v) is 14.6. The smallest absolute Gasteiger partial charge is 0.227 e. The van der Waals surface area contributed by atoms with Gasteiger partial charge in [-0.2, -0.15) is 10.1 Å². The van der Waals surface area contributed by atoms with Crippen LogP contribution in [0.3, 0.4) is 0 Å². The van der Waals surface area contributed by atoms with Crippen molar-refractivity contribution in [1.29, 1.82) is 0 Å². The van der Waals surface area contributed by atoms with E-state index >= 15 is 0 Å². The van der Waals surface area contributed by atoms with E-state index in [1.807, 2.05) is 11.4 Å². The number of rotatable bonds is 5. The van der Waals surface area contributed by atoms with E-state index in [9.17, 15) is 5.11 Å². The SMILES string of the molecule is OC[C@@H]1CCN(c2nc(Nc3cc(C4CC4)[nH]n3)c3sccc3n2)C1. The summed E-state index contributed by atoms with van der Waals surface area (Å²) in [5.41, 5.74) is 2.15. The molecule has 0 spiro atoms. The van der Waals surface area contributed by atoms with E-state index in [0.717, 1.165) is 47.3 Å². The average Bonchev–Trinajstić information content (AvgIpc) is 3.06. The normalized spacial score (nSPS) is 20.5. The van der Waals surface area contributed by atoms with Crippen LogP contribution in [0, 0.1) is 5.92 Å². The summed E-state index contributed by atoms with van der Waals surface area (Å²) in [7, 11) is 0. The molecule has 1 atom stereocenters. The number of hydrogen-bond donors (Lipinski definition) is 3. The van der Waals surface area contributed by atoms with E-state index in [0.29, 0.717) is 11.8 Å². The summed E-state index contributed by atoms with van der Waals surface area (Å²) in [6.07, 6.45) is 3.47. The molecule has 3 aromatic rings. The maximum atomic E-state index is 9.38. The van der Waals surface area contributed by atoms with E-state index in [-0.39, 0.29) is 6.61 Å². The molecular formula is C17H20N6OS. The first-order valence-corrected chi connectivity index (χ1v) is 9.61. The molecule has 0 bridgehead atoms. The zero-order valence-electron chi connectivity index (χ0n) is 13.8. The number of nitrogens with zero attached hydrogens (tertiary/aromatic N) is 4. The second-order valence-electron chi connectivity index (χ2n) is 6.90. The van der Waals surface area contributed by atoms with Gasteiger partial charge in [0.2, 0.25) is 5.95 Å². The van der Waals surface area contributed by atoms with Crippen LogP contribution in [0.25, 0.3) is 10.2 Å². The second-order valence-corrected chi connectivity index (χ2v) is 7.81. The Morgan fingerprint density at radius 3 is 3.04 bits per heavy atom. The van der Waals surface area contributed by atoms with Crippen molar-refractivity contribution in [1.82, 2.24) is 20.2 Å². The molecule has 3 N–H and O–H groups in total. The van der Waals surface area contributed by atoms with E-state index in [1.165, 1.54) is 18.5 Å². The third-order valence-corrected chi connectivity index (χ3v) is 5.89. The Balaban J connectivity index is 1.46. The lowest BCUT2D eigenvalue weighted by Gasteiger charge is -2.17. The van der Waals surface area contributed by atoms with Gasteiger partial charge in [0.25, 0.3) is 0 Å². The average molecular weight is 356 g/mol. The van der Waals surface area contributed by atoms with Crippen molar-refractivity contribution in [2.45, 2.75) is 25.2 Å². The zero-order chi connectivity index (χ0) is 16.8. The number of nitrogens with one attached hydrogen (secondary N) is 2. The summed E-state index contributed by atoms with van der Waals surface area (Å²) < 4.78 is 1.04. The van der Waals surface area contributed by atoms with Crippen LogP contribution < -0.4 is 10.2 Å². The minimum absolute atomic E-state index is 0.222. The number of hydrogen-bond acceptors (Lipinski definition) is 7. The first-order chi connectivity index (χ1) is 12.3. The summed E-state index contributed by atoms with van der Waals surface area (Å²) in [5.74, 6) is 3.28. The molecule has 0 unspecified atom stereocenters. The maximum Gasteiger partial charge on any atom is 0.227 e. The minimum Gasteiger partial charge on any atom is -0.396 e. The Morgan fingerprint density at radius 2 is 2.24 bits per heavy atom. The standard InChI is InChI=1S/C17H20N6OS/c24-9-10-3-5-23(8-10)17-18-12-4-6-25-15(12)16(20-17)19-14-7-13(21-22-14)11-1-2-11/h4,6-7,10-11,24H,1-3,5,8-9H2,(H2,18,19,20,21,22)/t10-/m1/s1. The van der Waals surface area contributed by atoms with Gasteiger partial charge in [-0.1, -0.05) is 0 Å². The molecular weight excluding hydrogens is 336 g/mol. The number of H-pyrrole nitrogens is 1. The Kier molecular flexibility index (Phi) is 3.60. The predicted molar refractivity (Wildman–Crippen MR) is 98.7 cm³/mol. The van der Waals surface area contributed by atoms with Gasteiger partial charge in [-0.25, -0.2) is 4.98 Å². The van der Waals surface area contributed by atoms with Gasteiger partial charge in [0, 0.05) is 43.3 Å². The molecule has 0 amide bonds. The van der Waals surface area contributed by atoms with Crippen LogP contribution in [0.15, 0.2) is 17.5 Å². The molecule has 1 aliphatic carbocycles. The molecule has 4 heterocycles. The molecule has 1 saturated carbocycles. The summed E-state index contributed by atoms with van der Waals surface area (Å²) in [6.45, 7) is 1.91. The van der Waals surface area contributed by atoms with Crippen LogP contribution in [0.1, 0.15) is 30.9 Å². The molecule has 5 rings (SSSR count). The lowest BCUT2D eigenvalue weighted by Crippen LogP contribution is -2.23. The van der Waals surface area contributed by atoms with Crippen LogP contribution in [-0.4, -0.2) is 45.0 Å². The number of fused-ring (bicyclic) bond motifs is 1. The van der Waals surface area contributed by atoms with Gasteiger partial charge in [-0.3, -0.25) is 5.10 Å². The molecule has 2 fully saturated rings. The van der Waals surface area contributed by atoms with Crippen LogP contribution in [0.5, 0.6) is 0 Å². The largest absolute Gasteiger partial charge is 0.396 e. The van der Waals surface area contributed by atoms with Gasteiger partial charge in [0.15, 0.2) is 11.6 Å². The summed E-state index contributed by atoms with van der Waals surface area (Å²) in [4.78, 5) is 11.6. The van der Waals surface area contributed by atoms with Crippen LogP contribution in [-0.2, 0) is 0 Å². The quantitative estimate of drug-likeness (QED) is 0.651. The molecule has 25 heavy (non-hydrogen) atoms. The highest BCUT2D eigenvalue weighted by molar-refractivity contribution is 7.17. The highest BCUT2D eigenvalue weighted by Crippen LogP contribution is 2.40. The molecule has 130 valence electrons. The fourth-order valence-electron chi connectivity index (χ4n) is 3.37. The fourth-order valence-corrected chi connectivity index (χ4v) is 4.14. The highest BCUT2D eigenvalue weighted by Gasteiger charge is 2.27. The van der Waals surface area contributed by atoms with Crippen molar-refractivity contribution >= 4 is 39.1 Å². The molecule has 0 radical (unpaired) electrons. The summed E-state index contributed by atoms with van der Waals surface area (Å²) >= 11 is 1.63. The monoisotopic (exact) mass is 356 g/mol. The molecule has 2 aliphatic rings. The van der Waals surface area contributed by atoms with Gasteiger partial charge >= 0.3 is 0 Å². The van der Waals surface area contributed by atoms with Crippen molar-refractivity contribution in [2.24, 2.45) is 5.92 Å². The third-order valence-electron chi connectivity index (χ3n) is 4.98. The minimum atomic E-state index is 0.222. The van der Waals surface area contributed by atoms with E-state index < -0.39 is 0 Å². The van der Waals surface area contributed by atoms with Gasteiger partial charge in [0.05, 0.1) is 10.2 Å².